The monoisotopic (exact) mass is 322 g/mol. The molecule has 23 heavy (non-hydrogen) atoms. The number of carbonyl (C=O) groups is 1. The lowest BCUT2D eigenvalue weighted by molar-refractivity contribution is 0.0796. The molecule has 2 aromatic rings. The summed E-state index contributed by atoms with van der Waals surface area (Å²) in [6.45, 7) is 1.06. The fraction of sp³-hybridized carbons (Fsp3) is 0.267. The number of alkyl halides is 2. The molecule has 0 aliphatic carbocycles. The summed E-state index contributed by atoms with van der Waals surface area (Å²) in [5.74, 6) is 0.219. The fourth-order valence-corrected chi connectivity index (χ4v) is 1.78. The third kappa shape index (κ3) is 5.50. The highest BCUT2D eigenvalue weighted by Crippen LogP contribution is 2.13. The van der Waals surface area contributed by atoms with Gasteiger partial charge in [-0.15, -0.1) is 0 Å². The summed E-state index contributed by atoms with van der Waals surface area (Å²) in [6.07, 6.45) is 0.713. The number of aromatic nitrogens is 2. The number of carbonyl (C=O) groups excluding carboxylic acids is 1. The molecular weight excluding hydrogens is 306 g/mol. The lowest BCUT2D eigenvalue weighted by atomic mass is 10.1. The van der Waals surface area contributed by atoms with Crippen molar-refractivity contribution in [2.45, 2.75) is 19.4 Å². The van der Waals surface area contributed by atoms with Crippen molar-refractivity contribution in [1.29, 1.82) is 0 Å². The first-order valence-corrected chi connectivity index (χ1v) is 6.90. The molecular formula is C15H16F2N4O2. The minimum atomic E-state index is -2.59. The van der Waals surface area contributed by atoms with Crippen molar-refractivity contribution in [2.75, 3.05) is 11.9 Å². The third-order valence-electron chi connectivity index (χ3n) is 2.85. The molecule has 122 valence electrons. The number of hydrogen-bond donors (Lipinski definition) is 2. The predicted octanol–water partition coefficient (Wildman–Crippen LogP) is 3.00. The molecule has 2 heterocycles. The van der Waals surface area contributed by atoms with Gasteiger partial charge in [-0.1, -0.05) is 12.1 Å². The Morgan fingerprint density at radius 1 is 1.30 bits per heavy atom. The molecule has 0 aromatic carbocycles. The Bertz CT molecular complexity index is 640. The van der Waals surface area contributed by atoms with E-state index in [2.05, 4.69) is 20.6 Å². The van der Waals surface area contributed by atoms with Crippen LogP contribution < -0.4 is 15.4 Å². The average molecular weight is 322 g/mol. The van der Waals surface area contributed by atoms with E-state index in [0.717, 1.165) is 5.56 Å². The Morgan fingerprint density at radius 3 is 2.83 bits per heavy atom. The SMILES string of the molecule is C[C@@H](NC(=O)Nc1cccc(OCC(F)F)n1)c1cccnc1. The number of nitrogens with one attached hydrogen (secondary N) is 2. The lowest BCUT2D eigenvalue weighted by Gasteiger charge is -2.14. The molecule has 0 aliphatic rings. The summed E-state index contributed by atoms with van der Waals surface area (Å²) in [6, 6.07) is 7.41. The first kappa shape index (κ1) is 16.6. The number of ether oxygens (including phenoxy) is 1. The second-order valence-electron chi connectivity index (χ2n) is 4.67. The van der Waals surface area contributed by atoms with E-state index in [4.69, 9.17) is 4.74 Å². The van der Waals surface area contributed by atoms with E-state index in [1.165, 1.54) is 12.1 Å². The van der Waals surface area contributed by atoms with E-state index < -0.39 is 19.1 Å². The van der Waals surface area contributed by atoms with Crippen LogP contribution in [0.4, 0.5) is 19.4 Å². The maximum atomic E-state index is 12.1. The Labute approximate surface area is 131 Å². The van der Waals surface area contributed by atoms with Crippen molar-refractivity contribution in [1.82, 2.24) is 15.3 Å². The Morgan fingerprint density at radius 2 is 2.13 bits per heavy atom. The highest BCUT2D eigenvalue weighted by Gasteiger charge is 2.11. The van der Waals surface area contributed by atoms with Crippen molar-refractivity contribution in [3.63, 3.8) is 0 Å². The maximum absolute atomic E-state index is 12.1. The number of amides is 2. The molecule has 0 aliphatic heterocycles. The topological polar surface area (TPSA) is 76.1 Å². The lowest BCUT2D eigenvalue weighted by Crippen LogP contribution is -2.31. The van der Waals surface area contributed by atoms with Crippen molar-refractivity contribution >= 4 is 11.8 Å². The molecule has 8 heteroatoms. The van der Waals surface area contributed by atoms with Crippen LogP contribution in [0.5, 0.6) is 5.88 Å². The van der Waals surface area contributed by atoms with E-state index in [0.29, 0.717) is 0 Å². The van der Waals surface area contributed by atoms with Crippen LogP contribution in [-0.2, 0) is 0 Å². The molecule has 0 saturated carbocycles. The van der Waals surface area contributed by atoms with Crippen molar-refractivity contribution < 1.29 is 18.3 Å². The van der Waals surface area contributed by atoms with Gasteiger partial charge in [0.05, 0.1) is 6.04 Å². The van der Waals surface area contributed by atoms with Gasteiger partial charge in [-0.2, -0.15) is 4.98 Å². The van der Waals surface area contributed by atoms with Crippen LogP contribution in [0.1, 0.15) is 18.5 Å². The molecule has 2 N–H and O–H groups in total. The molecule has 2 rings (SSSR count). The minimum absolute atomic E-state index is 0.0170. The van der Waals surface area contributed by atoms with Crippen LogP contribution in [0.2, 0.25) is 0 Å². The molecule has 6 nitrogen and oxygen atoms in total. The first-order chi connectivity index (χ1) is 11.0. The number of pyridine rings is 2. The van der Waals surface area contributed by atoms with Crippen LogP contribution >= 0.6 is 0 Å². The number of urea groups is 1. The number of anilines is 1. The number of hydrogen-bond acceptors (Lipinski definition) is 4. The van der Waals surface area contributed by atoms with Crippen molar-refractivity contribution in [2.24, 2.45) is 0 Å². The van der Waals surface area contributed by atoms with Gasteiger partial charge in [0.2, 0.25) is 5.88 Å². The van der Waals surface area contributed by atoms with Crippen LogP contribution in [-0.4, -0.2) is 29.0 Å². The zero-order valence-corrected chi connectivity index (χ0v) is 12.4. The van der Waals surface area contributed by atoms with Crippen molar-refractivity contribution in [3.05, 3.63) is 48.3 Å². The molecule has 0 unspecified atom stereocenters. The average Bonchev–Trinajstić information content (AvgIpc) is 2.54. The summed E-state index contributed by atoms with van der Waals surface area (Å²) in [5.41, 5.74) is 0.852. The van der Waals surface area contributed by atoms with E-state index in [-0.39, 0.29) is 17.7 Å². The summed E-state index contributed by atoms with van der Waals surface area (Å²) in [7, 11) is 0. The third-order valence-corrected chi connectivity index (χ3v) is 2.85. The molecule has 2 amide bonds. The van der Waals surface area contributed by atoms with Gasteiger partial charge in [-0.25, -0.2) is 13.6 Å². The van der Waals surface area contributed by atoms with Gasteiger partial charge in [0, 0.05) is 18.5 Å². The molecule has 0 spiro atoms. The van der Waals surface area contributed by atoms with Gasteiger partial charge in [-0.3, -0.25) is 10.3 Å². The first-order valence-electron chi connectivity index (χ1n) is 6.90. The maximum Gasteiger partial charge on any atom is 0.320 e. The highest BCUT2D eigenvalue weighted by molar-refractivity contribution is 5.88. The van der Waals surface area contributed by atoms with Gasteiger partial charge in [0.1, 0.15) is 5.82 Å². The fourth-order valence-electron chi connectivity index (χ4n) is 1.78. The van der Waals surface area contributed by atoms with Crippen LogP contribution in [0.25, 0.3) is 0 Å². The zero-order chi connectivity index (χ0) is 16.7. The smallest absolute Gasteiger partial charge is 0.320 e. The summed E-state index contributed by atoms with van der Waals surface area (Å²) in [5, 5.41) is 5.25. The predicted molar refractivity (Wildman–Crippen MR) is 80.5 cm³/mol. The second-order valence-corrected chi connectivity index (χ2v) is 4.67. The normalized spacial score (nSPS) is 11.8. The summed E-state index contributed by atoms with van der Waals surface area (Å²) < 4.78 is 29.0. The minimum Gasteiger partial charge on any atom is -0.472 e. The molecule has 2 aromatic heterocycles. The highest BCUT2D eigenvalue weighted by atomic mass is 19.3. The largest absolute Gasteiger partial charge is 0.472 e. The summed E-state index contributed by atoms with van der Waals surface area (Å²) in [4.78, 5) is 19.8. The van der Waals surface area contributed by atoms with E-state index in [1.54, 1.807) is 24.5 Å². The molecule has 0 fully saturated rings. The molecule has 1 atom stereocenters. The standard InChI is InChI=1S/C15H16F2N4O2/c1-10(11-4-3-7-18-8-11)19-15(22)21-13-5-2-6-14(20-13)23-9-12(16)17/h2-8,10,12H,9H2,1H3,(H2,19,20,21,22)/t10-/m1/s1. The van der Waals surface area contributed by atoms with Gasteiger partial charge in [0.15, 0.2) is 6.61 Å². The Balaban J connectivity index is 1.91. The van der Waals surface area contributed by atoms with Crippen molar-refractivity contribution in [3.8, 4) is 5.88 Å². The van der Waals surface area contributed by atoms with E-state index >= 15 is 0 Å². The molecule has 0 radical (unpaired) electrons. The van der Waals surface area contributed by atoms with Crippen LogP contribution in [0.3, 0.4) is 0 Å². The molecule has 0 saturated heterocycles. The number of halogens is 2. The van der Waals surface area contributed by atoms with E-state index in [9.17, 15) is 13.6 Å². The second kappa shape index (κ2) is 8.02. The number of rotatable bonds is 6. The Kier molecular flexibility index (Phi) is 5.79. The van der Waals surface area contributed by atoms with Gasteiger partial charge in [0.25, 0.3) is 6.43 Å². The quantitative estimate of drug-likeness (QED) is 0.857. The molecule has 0 bridgehead atoms. The van der Waals surface area contributed by atoms with Crippen LogP contribution in [0, 0.1) is 0 Å². The van der Waals surface area contributed by atoms with Gasteiger partial charge in [-0.05, 0) is 24.6 Å². The van der Waals surface area contributed by atoms with Gasteiger partial charge < -0.3 is 10.1 Å². The van der Waals surface area contributed by atoms with Crippen LogP contribution in [0.15, 0.2) is 42.7 Å². The van der Waals surface area contributed by atoms with Gasteiger partial charge >= 0.3 is 6.03 Å². The number of nitrogens with zero attached hydrogens (tertiary/aromatic N) is 2. The zero-order valence-electron chi connectivity index (χ0n) is 12.4. The van der Waals surface area contributed by atoms with E-state index in [1.807, 2.05) is 13.0 Å². The summed E-state index contributed by atoms with van der Waals surface area (Å²) >= 11 is 0. The Hall–Kier alpha value is -2.77.